The molecule has 0 bridgehead atoms. The monoisotopic (exact) mass is 301 g/mol. The van der Waals surface area contributed by atoms with Crippen LogP contribution in [0.15, 0.2) is 91.5 Å². The van der Waals surface area contributed by atoms with Crippen LogP contribution in [0, 0.1) is 0 Å². The van der Waals surface area contributed by atoms with Crippen molar-refractivity contribution in [3.63, 3.8) is 0 Å². The van der Waals surface area contributed by atoms with E-state index in [0.29, 0.717) is 0 Å². The summed E-state index contributed by atoms with van der Waals surface area (Å²) < 4.78 is 0. The quantitative estimate of drug-likeness (QED) is 0.563. The van der Waals surface area contributed by atoms with E-state index in [-0.39, 0.29) is 0 Å². The second kappa shape index (κ2) is 8.60. The molecule has 0 atom stereocenters. The number of hydrogen-bond donors (Lipinski definition) is 1. The van der Waals surface area contributed by atoms with E-state index in [1.165, 1.54) is 22.3 Å². The van der Waals surface area contributed by atoms with Crippen LogP contribution in [0.2, 0.25) is 0 Å². The van der Waals surface area contributed by atoms with Gasteiger partial charge in [0.15, 0.2) is 0 Å². The van der Waals surface area contributed by atoms with Crippen LogP contribution < -0.4 is 5.32 Å². The molecule has 0 heterocycles. The minimum Gasteiger partial charge on any atom is -0.388 e. The van der Waals surface area contributed by atoms with Crippen molar-refractivity contribution in [3.05, 3.63) is 91.5 Å². The Bertz CT molecular complexity index is 673. The van der Waals surface area contributed by atoms with Gasteiger partial charge < -0.3 is 5.32 Å². The van der Waals surface area contributed by atoms with Gasteiger partial charge in [0.05, 0.1) is 0 Å². The van der Waals surface area contributed by atoms with E-state index >= 15 is 0 Å². The maximum absolute atomic E-state index is 3.36. The highest BCUT2D eigenvalue weighted by Gasteiger charge is 2.04. The molecule has 1 N–H and O–H groups in total. The number of anilines is 1. The molecule has 1 heteroatoms. The van der Waals surface area contributed by atoms with Crippen LogP contribution in [0.4, 0.5) is 5.69 Å². The Morgan fingerprint density at radius 2 is 1.09 bits per heavy atom. The van der Waals surface area contributed by atoms with Crippen molar-refractivity contribution in [1.29, 1.82) is 0 Å². The summed E-state index contributed by atoms with van der Waals surface area (Å²) >= 11 is 0. The zero-order valence-electron chi connectivity index (χ0n) is 13.8. The normalized spacial score (nSPS) is 9.48. The van der Waals surface area contributed by atoms with E-state index < -0.39 is 0 Å². The zero-order valence-corrected chi connectivity index (χ0v) is 13.8. The molecule has 116 valence electrons. The van der Waals surface area contributed by atoms with Gasteiger partial charge in [0.2, 0.25) is 0 Å². The SMILES string of the molecule is C=CC.CNc1cc(-c2ccccc2)cc(-c2ccccc2)c1. The summed E-state index contributed by atoms with van der Waals surface area (Å²) in [6.07, 6.45) is 1.75. The molecule has 0 amide bonds. The van der Waals surface area contributed by atoms with Gasteiger partial charge in [0.1, 0.15) is 0 Å². The van der Waals surface area contributed by atoms with Gasteiger partial charge in [-0.25, -0.2) is 0 Å². The zero-order chi connectivity index (χ0) is 16.5. The van der Waals surface area contributed by atoms with Crippen LogP contribution in [0.3, 0.4) is 0 Å². The third kappa shape index (κ3) is 4.58. The van der Waals surface area contributed by atoms with Gasteiger partial charge in [-0.3, -0.25) is 0 Å². The first-order valence-electron chi connectivity index (χ1n) is 7.79. The molecule has 3 aromatic carbocycles. The van der Waals surface area contributed by atoms with E-state index in [4.69, 9.17) is 0 Å². The smallest absolute Gasteiger partial charge is 0.0350 e. The molecule has 0 saturated carbocycles. The lowest BCUT2D eigenvalue weighted by Gasteiger charge is -2.10. The maximum Gasteiger partial charge on any atom is 0.0350 e. The summed E-state index contributed by atoms with van der Waals surface area (Å²) in [5.41, 5.74) is 6.07. The number of nitrogens with one attached hydrogen (secondary N) is 1. The largest absolute Gasteiger partial charge is 0.388 e. The van der Waals surface area contributed by atoms with Crippen molar-refractivity contribution in [1.82, 2.24) is 0 Å². The van der Waals surface area contributed by atoms with Crippen molar-refractivity contribution >= 4 is 5.69 Å². The number of rotatable bonds is 3. The van der Waals surface area contributed by atoms with Crippen molar-refractivity contribution in [2.24, 2.45) is 0 Å². The van der Waals surface area contributed by atoms with Crippen LogP contribution in [0.1, 0.15) is 6.92 Å². The highest BCUT2D eigenvalue weighted by atomic mass is 14.8. The Morgan fingerprint density at radius 1 is 0.696 bits per heavy atom. The van der Waals surface area contributed by atoms with Gasteiger partial charge in [-0.05, 0) is 47.4 Å². The Kier molecular flexibility index (Phi) is 6.19. The second-order valence-electron chi connectivity index (χ2n) is 5.19. The Balaban J connectivity index is 0.000000595. The fraction of sp³-hybridized carbons (Fsp3) is 0.0909. The standard InChI is InChI=1S/C19H17N.C3H6/c1-20-19-13-17(15-8-4-2-5-9-15)12-18(14-19)16-10-6-3-7-11-16;1-3-2/h2-14,20H,1H3;3H,1H2,2H3. The van der Waals surface area contributed by atoms with Crippen LogP contribution >= 0.6 is 0 Å². The maximum atomic E-state index is 3.36. The van der Waals surface area contributed by atoms with Crippen molar-refractivity contribution in [3.8, 4) is 22.3 Å². The molecule has 0 aliphatic rings. The number of hydrogen-bond acceptors (Lipinski definition) is 1. The molecule has 3 rings (SSSR count). The van der Waals surface area contributed by atoms with E-state index in [2.05, 4.69) is 78.6 Å². The summed E-state index contributed by atoms with van der Waals surface area (Å²) in [7, 11) is 1.96. The highest BCUT2D eigenvalue weighted by Crippen LogP contribution is 2.30. The first kappa shape index (κ1) is 16.6. The van der Waals surface area contributed by atoms with E-state index in [1.807, 2.05) is 26.1 Å². The van der Waals surface area contributed by atoms with Crippen LogP contribution in [-0.4, -0.2) is 7.05 Å². The average Bonchev–Trinajstić information content (AvgIpc) is 2.63. The molecule has 0 unspecified atom stereocenters. The van der Waals surface area contributed by atoms with Gasteiger partial charge in [-0.15, -0.1) is 6.58 Å². The molecule has 1 nitrogen and oxygen atoms in total. The predicted molar refractivity (Wildman–Crippen MR) is 103 cm³/mol. The topological polar surface area (TPSA) is 12.0 Å². The fourth-order valence-corrected chi connectivity index (χ4v) is 2.37. The molecule has 0 aliphatic heterocycles. The molecule has 0 aliphatic carbocycles. The molecule has 3 aromatic rings. The Hall–Kier alpha value is -2.80. The summed E-state index contributed by atoms with van der Waals surface area (Å²) in [5.74, 6) is 0. The summed E-state index contributed by atoms with van der Waals surface area (Å²) in [5, 5.41) is 3.25. The summed E-state index contributed by atoms with van der Waals surface area (Å²) in [6.45, 7) is 5.25. The fourth-order valence-electron chi connectivity index (χ4n) is 2.37. The number of allylic oxidation sites excluding steroid dienone is 1. The van der Waals surface area contributed by atoms with E-state index in [0.717, 1.165) is 5.69 Å². The first-order chi connectivity index (χ1) is 11.3. The Labute approximate surface area is 139 Å². The van der Waals surface area contributed by atoms with Gasteiger partial charge in [0, 0.05) is 12.7 Å². The van der Waals surface area contributed by atoms with Gasteiger partial charge >= 0.3 is 0 Å². The molecule has 0 fully saturated rings. The highest BCUT2D eigenvalue weighted by molar-refractivity contribution is 5.77. The van der Waals surface area contributed by atoms with Crippen LogP contribution in [-0.2, 0) is 0 Å². The average molecular weight is 301 g/mol. The molecule has 0 aromatic heterocycles. The second-order valence-corrected chi connectivity index (χ2v) is 5.19. The minimum absolute atomic E-state index is 1.13. The van der Waals surface area contributed by atoms with Crippen molar-refractivity contribution < 1.29 is 0 Å². The minimum atomic E-state index is 1.13. The summed E-state index contributed by atoms with van der Waals surface area (Å²) in [4.78, 5) is 0. The molecule has 0 radical (unpaired) electrons. The molecule has 0 spiro atoms. The third-order valence-corrected chi connectivity index (χ3v) is 3.44. The van der Waals surface area contributed by atoms with Gasteiger partial charge in [-0.1, -0.05) is 66.7 Å². The predicted octanol–water partition coefficient (Wildman–Crippen LogP) is 6.25. The van der Waals surface area contributed by atoms with Crippen LogP contribution in [0.5, 0.6) is 0 Å². The van der Waals surface area contributed by atoms with Gasteiger partial charge in [-0.2, -0.15) is 0 Å². The first-order valence-corrected chi connectivity index (χ1v) is 7.79. The lowest BCUT2D eigenvalue weighted by atomic mass is 9.98. The molecule has 23 heavy (non-hydrogen) atoms. The van der Waals surface area contributed by atoms with Crippen molar-refractivity contribution in [2.75, 3.05) is 12.4 Å². The van der Waals surface area contributed by atoms with Gasteiger partial charge in [0.25, 0.3) is 0 Å². The molecule has 0 saturated heterocycles. The molecular weight excluding hydrogens is 278 g/mol. The lowest BCUT2D eigenvalue weighted by Crippen LogP contribution is -1.90. The van der Waals surface area contributed by atoms with E-state index in [1.54, 1.807) is 6.08 Å². The van der Waals surface area contributed by atoms with Crippen LogP contribution in [0.25, 0.3) is 22.3 Å². The lowest BCUT2D eigenvalue weighted by molar-refractivity contribution is 1.50. The Morgan fingerprint density at radius 3 is 1.43 bits per heavy atom. The van der Waals surface area contributed by atoms with E-state index in [9.17, 15) is 0 Å². The summed E-state index contributed by atoms with van der Waals surface area (Å²) in [6, 6.07) is 27.6. The number of benzene rings is 3. The third-order valence-electron chi connectivity index (χ3n) is 3.44. The molecular formula is C22H23N. The van der Waals surface area contributed by atoms with Crippen molar-refractivity contribution in [2.45, 2.75) is 6.92 Å².